The number of amides is 4. The Morgan fingerprint density at radius 2 is 1.85 bits per heavy atom. The van der Waals surface area contributed by atoms with Crippen LogP contribution >= 0.6 is 23.8 Å². The van der Waals surface area contributed by atoms with E-state index in [1.54, 1.807) is 6.07 Å². The molecule has 5 N–H and O–H groups in total. The molecule has 0 spiro atoms. The quantitative estimate of drug-likeness (QED) is 0.207. The normalized spacial score (nSPS) is 27.4. The Hall–Kier alpha value is -3.43. The number of thiocarbonyl (C=S) groups is 1. The molecule has 5 atom stereocenters. The van der Waals surface area contributed by atoms with Gasteiger partial charge >= 0.3 is 6.09 Å². The number of benzene rings is 1. The van der Waals surface area contributed by atoms with E-state index >= 15 is 0 Å². The highest BCUT2D eigenvalue weighted by atomic mass is 35.5. The number of likely N-dealkylation sites (tertiary alicyclic amines) is 1. The standard InChI is InChI=1S/C32H41ClN6O7S2/c1-2-20-14-32(20,29(42)37-48(44,45)22-11-12-22)36-27(40)25-13-21(46-31(43)38-15-19-9-6-10-24(33)23(19)17-38)16-39(25)28(41)26(35-30(34)47)18-7-4-3-5-8-18/h2,6,9-10,18,20-22,25-26H,1,3-5,7-8,11-17H2,(H,36,40)(H,37,42)(H3,34,35,47)/t20-,21-,25+,26+,32-/m1/s1. The maximum Gasteiger partial charge on any atom is 0.410 e. The van der Waals surface area contributed by atoms with Crippen LogP contribution in [0.2, 0.25) is 5.02 Å². The first-order chi connectivity index (χ1) is 22.8. The van der Waals surface area contributed by atoms with Crippen LogP contribution in [-0.2, 0) is 42.2 Å². The smallest absolute Gasteiger partial charge is 0.410 e. The van der Waals surface area contributed by atoms with E-state index in [0.29, 0.717) is 24.4 Å². The molecule has 2 aliphatic heterocycles. The van der Waals surface area contributed by atoms with Crippen molar-refractivity contribution >= 4 is 62.8 Å². The molecule has 3 saturated carbocycles. The molecule has 3 aliphatic carbocycles. The monoisotopic (exact) mass is 720 g/mol. The van der Waals surface area contributed by atoms with Gasteiger partial charge in [-0.2, -0.15) is 0 Å². The molecule has 13 nitrogen and oxygen atoms in total. The van der Waals surface area contributed by atoms with E-state index in [1.165, 1.54) is 15.9 Å². The Kier molecular flexibility index (Phi) is 9.66. The molecule has 4 fully saturated rings. The third-order valence-electron chi connectivity index (χ3n) is 10.2. The van der Waals surface area contributed by atoms with E-state index in [-0.39, 0.29) is 37.0 Å². The van der Waals surface area contributed by atoms with Crippen LogP contribution in [0.25, 0.3) is 0 Å². The van der Waals surface area contributed by atoms with Crippen molar-refractivity contribution in [2.45, 2.75) is 99.9 Å². The van der Waals surface area contributed by atoms with Crippen molar-refractivity contribution in [2.75, 3.05) is 6.54 Å². The van der Waals surface area contributed by atoms with Gasteiger partial charge in [0, 0.05) is 23.9 Å². The van der Waals surface area contributed by atoms with Crippen LogP contribution in [-0.4, -0.2) is 82.7 Å². The minimum Gasteiger partial charge on any atom is -0.444 e. The number of fused-ring (bicyclic) bond motifs is 1. The van der Waals surface area contributed by atoms with Crippen LogP contribution in [0.5, 0.6) is 0 Å². The fourth-order valence-corrected chi connectivity index (χ4v) is 9.05. The average Bonchev–Trinajstić information content (AvgIpc) is 3.94. The number of nitrogens with one attached hydrogen (secondary N) is 3. The van der Waals surface area contributed by atoms with Gasteiger partial charge in [0.05, 0.1) is 18.3 Å². The third-order valence-corrected chi connectivity index (χ3v) is 12.5. The van der Waals surface area contributed by atoms with Crippen molar-refractivity contribution in [1.82, 2.24) is 25.2 Å². The largest absolute Gasteiger partial charge is 0.444 e. The SMILES string of the molecule is C=C[C@@H]1C[C@]1(NC(=O)[C@@H]1C[C@@H](OC(=O)N2Cc3cccc(Cl)c3C2)CN1C(=O)[C@@H](NC(N)=S)C1CCCCC1)C(=O)NS(=O)(=O)C1CC1. The summed E-state index contributed by atoms with van der Waals surface area (Å²) < 4.78 is 33.2. The van der Waals surface area contributed by atoms with E-state index in [4.69, 9.17) is 34.3 Å². The highest BCUT2D eigenvalue weighted by Crippen LogP contribution is 2.45. The Bertz CT molecular complexity index is 1630. The van der Waals surface area contributed by atoms with Crippen molar-refractivity contribution in [2.24, 2.45) is 17.6 Å². The Morgan fingerprint density at radius 1 is 1.12 bits per heavy atom. The second-order valence-corrected chi connectivity index (χ2v) is 16.4. The van der Waals surface area contributed by atoms with E-state index < -0.39 is 68.7 Å². The molecule has 0 aromatic heterocycles. The summed E-state index contributed by atoms with van der Waals surface area (Å²) in [4.78, 5) is 58.0. The minimum absolute atomic E-state index is 0.0356. The lowest BCUT2D eigenvalue weighted by atomic mass is 9.83. The first-order valence-electron chi connectivity index (χ1n) is 16.4. The van der Waals surface area contributed by atoms with E-state index in [1.807, 2.05) is 12.1 Å². The van der Waals surface area contributed by atoms with Gasteiger partial charge in [-0.05, 0) is 67.4 Å². The zero-order valence-corrected chi connectivity index (χ0v) is 28.9. The summed E-state index contributed by atoms with van der Waals surface area (Å²) in [5, 5.41) is 5.59. The van der Waals surface area contributed by atoms with Crippen molar-refractivity contribution in [3.63, 3.8) is 0 Å². The van der Waals surface area contributed by atoms with Gasteiger partial charge in [0.15, 0.2) is 5.11 Å². The number of hydrogen-bond acceptors (Lipinski definition) is 8. The van der Waals surface area contributed by atoms with E-state index in [9.17, 15) is 27.6 Å². The van der Waals surface area contributed by atoms with Gasteiger partial charge in [-0.15, -0.1) is 6.58 Å². The van der Waals surface area contributed by atoms with Gasteiger partial charge in [-0.3, -0.25) is 24.0 Å². The number of ether oxygens (including phenoxy) is 1. The Balaban J connectivity index is 1.22. The predicted molar refractivity (Wildman–Crippen MR) is 181 cm³/mol. The molecule has 260 valence electrons. The Morgan fingerprint density at radius 3 is 2.48 bits per heavy atom. The predicted octanol–water partition coefficient (Wildman–Crippen LogP) is 2.21. The topological polar surface area (TPSA) is 180 Å². The molecular formula is C32H41ClN6O7S2. The molecule has 4 amide bonds. The first-order valence-corrected chi connectivity index (χ1v) is 18.7. The molecule has 5 aliphatic rings. The lowest BCUT2D eigenvalue weighted by Crippen LogP contribution is -2.59. The first kappa shape index (κ1) is 34.4. The number of carbonyl (C=O) groups is 4. The van der Waals surface area contributed by atoms with Crippen LogP contribution < -0.4 is 21.1 Å². The number of rotatable bonds is 10. The van der Waals surface area contributed by atoms with Crippen molar-refractivity contribution in [1.29, 1.82) is 0 Å². The summed E-state index contributed by atoms with van der Waals surface area (Å²) in [6.07, 6.45) is 5.55. The summed E-state index contributed by atoms with van der Waals surface area (Å²) in [7, 11) is -3.88. The maximum absolute atomic E-state index is 14.3. The van der Waals surface area contributed by atoms with Crippen molar-refractivity contribution in [3.05, 3.63) is 47.0 Å². The second-order valence-electron chi connectivity index (χ2n) is 13.5. The van der Waals surface area contributed by atoms with Gasteiger partial charge in [-0.1, -0.05) is 49.1 Å². The van der Waals surface area contributed by atoms with Crippen LogP contribution in [0, 0.1) is 11.8 Å². The number of halogens is 1. The highest BCUT2D eigenvalue weighted by Gasteiger charge is 2.62. The molecule has 1 aromatic rings. The van der Waals surface area contributed by atoms with Crippen molar-refractivity contribution in [3.8, 4) is 0 Å². The molecule has 0 bridgehead atoms. The Labute approximate surface area is 290 Å². The number of hydrogen-bond donors (Lipinski definition) is 4. The molecule has 48 heavy (non-hydrogen) atoms. The lowest BCUT2D eigenvalue weighted by molar-refractivity contribution is -0.142. The number of carbonyl (C=O) groups excluding carboxylic acids is 4. The summed E-state index contributed by atoms with van der Waals surface area (Å²) >= 11 is 11.5. The van der Waals surface area contributed by atoms with Gasteiger partial charge in [-0.25, -0.2) is 13.2 Å². The fraction of sp³-hybridized carbons (Fsp3) is 0.594. The molecular weight excluding hydrogens is 680 g/mol. The van der Waals surface area contributed by atoms with Crippen LogP contribution in [0.4, 0.5) is 4.79 Å². The average molecular weight is 721 g/mol. The number of nitrogens with two attached hydrogens (primary N) is 1. The zero-order chi connectivity index (χ0) is 34.4. The lowest BCUT2D eigenvalue weighted by Gasteiger charge is -2.35. The third kappa shape index (κ3) is 6.99. The molecule has 1 saturated heterocycles. The van der Waals surface area contributed by atoms with E-state index in [2.05, 4.69) is 21.9 Å². The number of nitrogens with zero attached hydrogens (tertiary/aromatic N) is 2. The summed E-state index contributed by atoms with van der Waals surface area (Å²) in [5.74, 6) is -2.51. The van der Waals surface area contributed by atoms with Gasteiger partial charge < -0.3 is 26.0 Å². The molecule has 0 radical (unpaired) electrons. The van der Waals surface area contributed by atoms with E-state index in [0.717, 1.165) is 43.2 Å². The molecule has 1 aromatic carbocycles. The minimum atomic E-state index is -3.88. The van der Waals surface area contributed by atoms with Crippen molar-refractivity contribution < 1.29 is 32.3 Å². The van der Waals surface area contributed by atoms with Crippen LogP contribution in [0.1, 0.15) is 68.9 Å². The molecule has 0 unspecified atom stereocenters. The van der Waals surface area contributed by atoms with Crippen LogP contribution in [0.15, 0.2) is 30.9 Å². The summed E-state index contributed by atoms with van der Waals surface area (Å²) in [6, 6.07) is 3.53. The highest BCUT2D eigenvalue weighted by molar-refractivity contribution is 7.91. The molecule has 6 rings (SSSR count). The summed E-state index contributed by atoms with van der Waals surface area (Å²) in [6.45, 7) is 4.24. The number of sulfonamides is 1. The van der Waals surface area contributed by atoms with Gasteiger partial charge in [0.25, 0.3) is 5.91 Å². The molecule has 16 heteroatoms. The van der Waals surface area contributed by atoms with Gasteiger partial charge in [0.1, 0.15) is 23.7 Å². The van der Waals surface area contributed by atoms with Gasteiger partial charge in [0.2, 0.25) is 21.8 Å². The summed E-state index contributed by atoms with van der Waals surface area (Å²) in [5.41, 5.74) is 6.07. The zero-order valence-electron chi connectivity index (χ0n) is 26.5. The fourth-order valence-electron chi connectivity index (χ4n) is 7.30. The second kappa shape index (κ2) is 13.5. The maximum atomic E-state index is 14.3. The van der Waals surface area contributed by atoms with Crippen LogP contribution in [0.3, 0.4) is 0 Å². The molecule has 2 heterocycles.